The van der Waals surface area contributed by atoms with Crippen LogP contribution < -0.4 is 0 Å². The lowest BCUT2D eigenvalue weighted by Gasteiger charge is -2.21. The molecular weight excluding hydrogens is 1250 g/mol. The molecule has 95 heavy (non-hydrogen) atoms. The first-order valence-electron chi connectivity index (χ1n) is 39.4. The summed E-state index contributed by atoms with van der Waals surface area (Å²) in [6.45, 7) is 11.9. The Morgan fingerprint density at radius 2 is 0.537 bits per heavy atom. The van der Waals surface area contributed by atoms with Gasteiger partial charge in [-0.2, -0.15) is 0 Å². The van der Waals surface area contributed by atoms with Crippen LogP contribution in [-0.2, 0) is 65.4 Å². The molecule has 0 aliphatic heterocycles. The minimum Gasteiger partial charge on any atom is -0.462 e. The monoisotopic (exact) mass is 1400 g/mol. The Morgan fingerprint density at radius 3 is 0.800 bits per heavy atom. The van der Waals surface area contributed by atoms with Crippen molar-refractivity contribution in [3.05, 3.63) is 0 Å². The highest BCUT2D eigenvalue weighted by Gasteiger charge is 2.30. The zero-order valence-electron chi connectivity index (χ0n) is 62.1. The molecule has 0 saturated carbocycles. The van der Waals surface area contributed by atoms with Crippen molar-refractivity contribution in [3.8, 4) is 0 Å². The molecule has 0 aromatic heterocycles. The molecule has 0 amide bonds. The van der Waals surface area contributed by atoms with Crippen LogP contribution in [-0.4, -0.2) is 96.7 Å². The molecule has 0 heterocycles. The lowest BCUT2D eigenvalue weighted by atomic mass is 9.99. The first kappa shape index (κ1) is 93.1. The minimum absolute atomic E-state index is 0.106. The third-order valence-electron chi connectivity index (χ3n) is 18.4. The summed E-state index contributed by atoms with van der Waals surface area (Å²) in [7, 11) is -9.91. The molecule has 0 aromatic carbocycles. The summed E-state index contributed by atoms with van der Waals surface area (Å²) in [5.41, 5.74) is 0. The summed E-state index contributed by atoms with van der Waals surface area (Å²) < 4.78 is 68.5. The van der Waals surface area contributed by atoms with Crippen LogP contribution in [0.25, 0.3) is 0 Å². The number of hydrogen-bond acceptors (Lipinski definition) is 15. The number of rotatable bonds is 74. The van der Waals surface area contributed by atoms with Crippen LogP contribution in [0.1, 0.15) is 389 Å². The van der Waals surface area contributed by atoms with Gasteiger partial charge in [0.05, 0.1) is 26.4 Å². The van der Waals surface area contributed by atoms with Crippen molar-refractivity contribution in [3.63, 3.8) is 0 Å². The van der Waals surface area contributed by atoms with Crippen LogP contribution >= 0.6 is 15.6 Å². The van der Waals surface area contributed by atoms with Gasteiger partial charge in [-0.1, -0.05) is 337 Å². The molecule has 0 aliphatic carbocycles. The highest BCUT2D eigenvalue weighted by molar-refractivity contribution is 7.47. The summed E-state index contributed by atoms with van der Waals surface area (Å²) in [6.07, 6.45) is 52.7. The van der Waals surface area contributed by atoms with E-state index in [9.17, 15) is 43.2 Å². The molecule has 4 unspecified atom stereocenters. The van der Waals surface area contributed by atoms with Crippen LogP contribution in [0, 0.1) is 17.8 Å². The summed E-state index contributed by atoms with van der Waals surface area (Å²) in [4.78, 5) is 72.8. The Labute approximate surface area is 581 Å². The van der Waals surface area contributed by atoms with Gasteiger partial charge in [-0.3, -0.25) is 37.3 Å². The Hall–Kier alpha value is -1.94. The maximum Gasteiger partial charge on any atom is 0.472 e. The lowest BCUT2D eigenvalue weighted by molar-refractivity contribution is -0.161. The van der Waals surface area contributed by atoms with Gasteiger partial charge < -0.3 is 33.8 Å². The van der Waals surface area contributed by atoms with Crippen molar-refractivity contribution in [2.75, 3.05) is 39.6 Å². The standard InChI is InChI=1S/C76H148O17P2/c1-8-11-12-13-14-15-16-26-29-36-45-52-59-75(80)93-72(64-87-74(79)58-51-44-39-38-42-49-56-69(7)10-3)66-91-95(84,85)89-62-70(77)61-88-94(82,83)90-65-71(63-86-73(78)57-50-43-35-32-31-34-41-48-55-68(6)9-2)92-76(81)60-53-46-37-30-27-24-22-20-18-17-19-21-23-25-28-33-40-47-54-67(4)5/h67-72,77H,8-66H2,1-7H3,(H,82,83)(H,84,85)/t68?,69?,70-,71-,72-/m1/s1. The number of aliphatic hydroxyl groups is 1. The average molecular weight is 1400 g/mol. The molecule has 0 aromatic rings. The number of unbranched alkanes of at least 4 members (excludes halogenated alkanes) is 40. The van der Waals surface area contributed by atoms with E-state index in [-0.39, 0.29) is 25.7 Å². The van der Waals surface area contributed by atoms with Gasteiger partial charge in [0.15, 0.2) is 12.2 Å². The summed E-state index contributed by atoms with van der Waals surface area (Å²) in [6, 6.07) is 0. The van der Waals surface area contributed by atoms with E-state index in [1.54, 1.807) is 0 Å². The van der Waals surface area contributed by atoms with Gasteiger partial charge in [-0.15, -0.1) is 0 Å². The van der Waals surface area contributed by atoms with E-state index in [1.165, 1.54) is 193 Å². The van der Waals surface area contributed by atoms with E-state index >= 15 is 0 Å². The Balaban J connectivity index is 5.20. The van der Waals surface area contributed by atoms with Crippen molar-refractivity contribution in [2.24, 2.45) is 17.8 Å². The first-order chi connectivity index (χ1) is 45.8. The molecule has 19 heteroatoms. The number of phosphoric ester groups is 2. The second kappa shape index (κ2) is 66.6. The molecule has 17 nitrogen and oxygen atoms in total. The molecule has 0 bridgehead atoms. The van der Waals surface area contributed by atoms with E-state index < -0.39 is 97.5 Å². The van der Waals surface area contributed by atoms with E-state index in [0.29, 0.717) is 25.7 Å². The maximum atomic E-state index is 13.1. The smallest absolute Gasteiger partial charge is 0.462 e. The Morgan fingerprint density at radius 1 is 0.305 bits per heavy atom. The quantitative estimate of drug-likeness (QED) is 0.0222. The highest BCUT2D eigenvalue weighted by atomic mass is 31.2. The van der Waals surface area contributed by atoms with E-state index in [2.05, 4.69) is 48.5 Å². The fourth-order valence-corrected chi connectivity index (χ4v) is 13.1. The van der Waals surface area contributed by atoms with E-state index in [4.69, 9.17) is 37.0 Å². The topological polar surface area (TPSA) is 237 Å². The SMILES string of the molecule is CCCCCCCCCCCCCCC(=O)O[C@H](COC(=O)CCCCCCCCC(C)CC)COP(=O)(O)OC[C@H](O)COP(=O)(O)OC[C@@H](COC(=O)CCCCCCCCCCC(C)CC)OC(=O)CCCCCCCCCCCCCCCCCCCCC(C)C. The third-order valence-corrected chi connectivity index (χ3v) is 20.3. The van der Waals surface area contributed by atoms with Gasteiger partial charge >= 0.3 is 39.5 Å². The van der Waals surface area contributed by atoms with Crippen molar-refractivity contribution in [2.45, 2.75) is 407 Å². The van der Waals surface area contributed by atoms with Crippen molar-refractivity contribution < 1.29 is 80.2 Å². The number of ether oxygens (including phenoxy) is 4. The molecule has 0 saturated heterocycles. The van der Waals surface area contributed by atoms with Crippen LogP contribution in [0.4, 0.5) is 0 Å². The van der Waals surface area contributed by atoms with Gasteiger partial charge in [0.25, 0.3) is 0 Å². The largest absolute Gasteiger partial charge is 0.472 e. The third kappa shape index (κ3) is 67.6. The molecule has 0 rings (SSSR count). The molecule has 7 atom stereocenters. The van der Waals surface area contributed by atoms with Gasteiger partial charge in [0, 0.05) is 25.7 Å². The number of carbonyl (C=O) groups excluding carboxylic acids is 4. The fraction of sp³-hybridized carbons (Fsp3) is 0.947. The van der Waals surface area contributed by atoms with Crippen molar-refractivity contribution in [1.29, 1.82) is 0 Å². The summed E-state index contributed by atoms with van der Waals surface area (Å²) >= 11 is 0. The van der Waals surface area contributed by atoms with Gasteiger partial charge in [-0.05, 0) is 43.4 Å². The highest BCUT2D eigenvalue weighted by Crippen LogP contribution is 2.45. The summed E-state index contributed by atoms with van der Waals surface area (Å²) in [5.74, 6) is 0.210. The lowest BCUT2D eigenvalue weighted by Crippen LogP contribution is -2.30. The normalized spacial score (nSPS) is 14.6. The second-order valence-corrected chi connectivity index (χ2v) is 31.3. The number of phosphoric acid groups is 2. The molecule has 3 N–H and O–H groups in total. The van der Waals surface area contributed by atoms with Crippen LogP contribution in [0.2, 0.25) is 0 Å². The van der Waals surface area contributed by atoms with Gasteiger partial charge in [-0.25, -0.2) is 9.13 Å². The number of aliphatic hydroxyl groups excluding tert-OH is 1. The van der Waals surface area contributed by atoms with Crippen LogP contribution in [0.5, 0.6) is 0 Å². The van der Waals surface area contributed by atoms with Gasteiger partial charge in [0.2, 0.25) is 0 Å². The zero-order valence-corrected chi connectivity index (χ0v) is 63.9. The van der Waals surface area contributed by atoms with Gasteiger partial charge in [0.1, 0.15) is 19.3 Å². The number of esters is 4. The molecule has 0 spiro atoms. The van der Waals surface area contributed by atoms with E-state index in [0.717, 1.165) is 114 Å². The molecule has 0 fully saturated rings. The minimum atomic E-state index is -4.96. The zero-order chi connectivity index (χ0) is 70.1. The fourth-order valence-electron chi connectivity index (χ4n) is 11.5. The molecule has 564 valence electrons. The van der Waals surface area contributed by atoms with Crippen molar-refractivity contribution in [1.82, 2.24) is 0 Å². The second-order valence-electron chi connectivity index (χ2n) is 28.4. The average Bonchev–Trinajstić information content (AvgIpc) is 1.48. The number of carbonyl (C=O) groups is 4. The molecular formula is C76H148O17P2. The van der Waals surface area contributed by atoms with E-state index in [1.807, 2.05) is 0 Å². The predicted octanol–water partition coefficient (Wildman–Crippen LogP) is 22.2. The Kier molecular flexibility index (Phi) is 65.2. The summed E-state index contributed by atoms with van der Waals surface area (Å²) in [5, 5.41) is 10.6. The Bertz CT molecular complexity index is 1860. The molecule has 0 radical (unpaired) electrons. The van der Waals surface area contributed by atoms with Crippen LogP contribution in [0.15, 0.2) is 0 Å². The number of hydrogen-bond donors (Lipinski definition) is 3. The van der Waals surface area contributed by atoms with Crippen LogP contribution in [0.3, 0.4) is 0 Å². The van der Waals surface area contributed by atoms with Crippen molar-refractivity contribution >= 4 is 39.5 Å². The predicted molar refractivity (Wildman–Crippen MR) is 386 cm³/mol. The maximum absolute atomic E-state index is 13.1. The molecule has 0 aliphatic rings. The first-order valence-corrected chi connectivity index (χ1v) is 42.4.